The van der Waals surface area contributed by atoms with Crippen LogP contribution in [-0.2, 0) is 25.1 Å². The third-order valence-electron chi connectivity index (χ3n) is 3.56. The second kappa shape index (κ2) is 8.05. The van der Waals surface area contributed by atoms with Crippen LogP contribution in [0.4, 0.5) is 0 Å². The summed E-state index contributed by atoms with van der Waals surface area (Å²) in [5, 5.41) is 2.64. The highest BCUT2D eigenvalue weighted by Crippen LogP contribution is 2.13. The molecule has 1 aromatic carbocycles. The van der Waals surface area contributed by atoms with E-state index < -0.39 is 22.7 Å². The predicted molar refractivity (Wildman–Crippen MR) is 82.4 cm³/mol. The van der Waals surface area contributed by atoms with E-state index in [4.69, 9.17) is 10.5 Å². The number of ether oxygens (including phenoxy) is 1. The van der Waals surface area contributed by atoms with E-state index >= 15 is 0 Å². The first-order valence-corrected chi connectivity index (χ1v) is 8.50. The second-order valence-corrected chi connectivity index (χ2v) is 6.75. The van der Waals surface area contributed by atoms with E-state index in [0.717, 1.165) is 0 Å². The first-order chi connectivity index (χ1) is 10.6. The molecule has 1 saturated heterocycles. The average Bonchev–Trinajstić information content (AvgIpc) is 3.06. The van der Waals surface area contributed by atoms with Gasteiger partial charge in [-0.1, -0.05) is 18.2 Å². The van der Waals surface area contributed by atoms with E-state index in [9.17, 15) is 13.8 Å². The predicted octanol–water partition coefficient (Wildman–Crippen LogP) is 0.191. The molecule has 120 valence electrons. The first-order valence-electron chi connectivity index (χ1n) is 7.19. The minimum Gasteiger partial charge on any atom is -0.381 e. The van der Waals surface area contributed by atoms with Crippen molar-refractivity contribution in [3.63, 3.8) is 0 Å². The van der Waals surface area contributed by atoms with Crippen LogP contribution in [0.5, 0.6) is 0 Å². The van der Waals surface area contributed by atoms with E-state index in [1.54, 1.807) is 24.3 Å². The molecule has 1 heterocycles. The van der Waals surface area contributed by atoms with Gasteiger partial charge in [0.2, 0.25) is 11.8 Å². The number of rotatable bonds is 7. The van der Waals surface area contributed by atoms with Crippen molar-refractivity contribution in [2.75, 3.05) is 19.0 Å². The van der Waals surface area contributed by atoms with E-state index in [1.165, 1.54) is 0 Å². The molecule has 0 unspecified atom stereocenters. The molecular formula is C15H20N2O4S. The van der Waals surface area contributed by atoms with Crippen LogP contribution in [-0.4, -0.2) is 41.0 Å². The lowest BCUT2D eigenvalue weighted by atomic mass is 10.1. The van der Waals surface area contributed by atoms with Crippen LogP contribution >= 0.6 is 0 Å². The van der Waals surface area contributed by atoms with Crippen LogP contribution in [0.15, 0.2) is 35.2 Å². The highest BCUT2D eigenvalue weighted by atomic mass is 32.2. The highest BCUT2D eigenvalue weighted by molar-refractivity contribution is 7.85. The zero-order valence-electron chi connectivity index (χ0n) is 12.2. The second-order valence-electron chi connectivity index (χ2n) is 5.18. The van der Waals surface area contributed by atoms with Gasteiger partial charge < -0.3 is 15.8 Å². The molecule has 3 atom stereocenters. The van der Waals surface area contributed by atoms with Crippen molar-refractivity contribution < 1.29 is 18.5 Å². The van der Waals surface area contributed by atoms with E-state index in [1.807, 2.05) is 6.07 Å². The standard InChI is InChI=1S/C15H20N2O4S/c16-14(18)13(17-15(19)11-6-8-21-10-11)7-9-22(20)12-4-2-1-3-5-12/h1-5,11,13H,6-10H2,(H2,16,18)(H,17,19)/t11-,13+,22-/m0/s1. The maximum absolute atomic E-state index is 12.1. The molecule has 1 aliphatic heterocycles. The number of carbonyl (C=O) groups excluding carboxylic acids is 2. The number of nitrogens with two attached hydrogens (primary N) is 1. The molecule has 6 nitrogen and oxygen atoms in total. The summed E-state index contributed by atoms with van der Waals surface area (Å²) in [6.07, 6.45) is 0.892. The summed E-state index contributed by atoms with van der Waals surface area (Å²) in [4.78, 5) is 24.2. The molecular weight excluding hydrogens is 304 g/mol. The van der Waals surface area contributed by atoms with Crippen molar-refractivity contribution in [3.05, 3.63) is 30.3 Å². The number of benzene rings is 1. The zero-order chi connectivity index (χ0) is 15.9. The molecule has 22 heavy (non-hydrogen) atoms. The minimum absolute atomic E-state index is 0.230. The minimum atomic E-state index is -1.22. The van der Waals surface area contributed by atoms with Crippen molar-refractivity contribution in [1.82, 2.24) is 5.32 Å². The Morgan fingerprint density at radius 3 is 2.68 bits per heavy atom. The van der Waals surface area contributed by atoms with Gasteiger partial charge in [-0.05, 0) is 25.0 Å². The van der Waals surface area contributed by atoms with Gasteiger partial charge in [0.05, 0.1) is 23.3 Å². The Balaban J connectivity index is 1.87. The molecule has 1 aliphatic rings. The topological polar surface area (TPSA) is 98.5 Å². The van der Waals surface area contributed by atoms with Crippen molar-refractivity contribution >= 4 is 22.6 Å². The van der Waals surface area contributed by atoms with Crippen LogP contribution in [0.3, 0.4) is 0 Å². The average molecular weight is 324 g/mol. The fourth-order valence-corrected chi connectivity index (χ4v) is 3.38. The summed E-state index contributed by atoms with van der Waals surface area (Å²) < 4.78 is 17.3. The van der Waals surface area contributed by atoms with Gasteiger partial charge in [-0.2, -0.15) is 0 Å². The Hall–Kier alpha value is -1.73. The third-order valence-corrected chi connectivity index (χ3v) is 4.96. The molecule has 7 heteroatoms. The molecule has 0 aliphatic carbocycles. The van der Waals surface area contributed by atoms with Crippen LogP contribution < -0.4 is 11.1 Å². The quantitative estimate of drug-likeness (QED) is 0.748. The van der Waals surface area contributed by atoms with Crippen molar-refractivity contribution in [2.45, 2.75) is 23.8 Å². The van der Waals surface area contributed by atoms with Gasteiger partial charge >= 0.3 is 0 Å². The molecule has 0 saturated carbocycles. The normalized spacial score (nSPS) is 20.3. The Morgan fingerprint density at radius 1 is 1.36 bits per heavy atom. The van der Waals surface area contributed by atoms with Crippen LogP contribution in [0.25, 0.3) is 0 Å². The molecule has 2 rings (SSSR count). The summed E-state index contributed by atoms with van der Waals surface area (Å²) in [6, 6.07) is 8.19. The first kappa shape index (κ1) is 16.6. The Morgan fingerprint density at radius 2 is 2.09 bits per heavy atom. The fraction of sp³-hybridized carbons (Fsp3) is 0.467. The van der Waals surface area contributed by atoms with Gasteiger partial charge in [-0.15, -0.1) is 0 Å². The maximum atomic E-state index is 12.1. The Kier molecular flexibility index (Phi) is 6.09. The summed E-state index contributed by atoms with van der Waals surface area (Å²) in [5.41, 5.74) is 5.32. The zero-order valence-corrected chi connectivity index (χ0v) is 13.0. The largest absolute Gasteiger partial charge is 0.381 e. The van der Waals surface area contributed by atoms with Gasteiger partial charge in [-0.3, -0.25) is 13.8 Å². The van der Waals surface area contributed by atoms with Crippen LogP contribution in [0.1, 0.15) is 12.8 Å². The van der Waals surface area contributed by atoms with Crippen LogP contribution in [0.2, 0.25) is 0 Å². The monoisotopic (exact) mass is 324 g/mol. The van der Waals surface area contributed by atoms with Gasteiger partial charge in [0.15, 0.2) is 0 Å². The highest BCUT2D eigenvalue weighted by Gasteiger charge is 2.27. The lowest BCUT2D eigenvalue weighted by Crippen LogP contribution is -2.47. The van der Waals surface area contributed by atoms with Crippen molar-refractivity contribution in [1.29, 1.82) is 0 Å². The maximum Gasteiger partial charge on any atom is 0.240 e. The van der Waals surface area contributed by atoms with Crippen LogP contribution in [0, 0.1) is 5.92 Å². The molecule has 3 N–H and O–H groups in total. The molecule has 1 fully saturated rings. The van der Waals surface area contributed by atoms with Gasteiger partial charge in [0.25, 0.3) is 0 Å². The summed E-state index contributed by atoms with van der Waals surface area (Å²) >= 11 is 0. The number of carbonyl (C=O) groups is 2. The van der Waals surface area contributed by atoms with E-state index in [-0.39, 0.29) is 24.0 Å². The third kappa shape index (κ3) is 4.64. The summed E-state index contributed by atoms with van der Waals surface area (Å²) in [5.74, 6) is -0.815. The summed E-state index contributed by atoms with van der Waals surface area (Å²) in [7, 11) is -1.22. The molecule has 0 spiro atoms. The smallest absolute Gasteiger partial charge is 0.240 e. The Labute approximate surface area is 131 Å². The van der Waals surface area contributed by atoms with Gasteiger partial charge in [0.1, 0.15) is 6.04 Å². The van der Waals surface area contributed by atoms with Gasteiger partial charge in [0, 0.05) is 17.3 Å². The Bertz CT molecular complexity index is 544. The SMILES string of the molecule is NC(=O)[C@@H](CC[S@](=O)c1ccccc1)NC(=O)[C@H]1CCOC1. The summed E-state index contributed by atoms with van der Waals surface area (Å²) in [6.45, 7) is 0.921. The lowest BCUT2D eigenvalue weighted by molar-refractivity contribution is -0.129. The number of primary amides is 1. The lowest BCUT2D eigenvalue weighted by Gasteiger charge is -2.17. The molecule has 0 bridgehead atoms. The van der Waals surface area contributed by atoms with Crippen molar-refractivity contribution in [2.24, 2.45) is 11.7 Å². The molecule has 2 amide bonds. The molecule has 0 aromatic heterocycles. The number of hydrogen-bond donors (Lipinski definition) is 2. The number of nitrogens with one attached hydrogen (secondary N) is 1. The molecule has 1 aromatic rings. The van der Waals surface area contributed by atoms with Gasteiger partial charge in [-0.25, -0.2) is 0 Å². The molecule has 0 radical (unpaired) electrons. The van der Waals surface area contributed by atoms with Crippen molar-refractivity contribution in [3.8, 4) is 0 Å². The number of hydrogen-bond acceptors (Lipinski definition) is 4. The number of amides is 2. The van der Waals surface area contributed by atoms with E-state index in [0.29, 0.717) is 24.5 Å². The van der Waals surface area contributed by atoms with E-state index in [2.05, 4.69) is 5.32 Å². The fourth-order valence-electron chi connectivity index (χ4n) is 2.23.